The van der Waals surface area contributed by atoms with E-state index < -0.39 is 17.8 Å². The quantitative estimate of drug-likeness (QED) is 0.264. The summed E-state index contributed by atoms with van der Waals surface area (Å²) in [5, 5.41) is 0.00663. The maximum absolute atomic E-state index is 12.7. The number of esters is 1. The van der Waals surface area contributed by atoms with Crippen LogP contribution in [-0.2, 0) is 20.1 Å². The lowest BCUT2D eigenvalue weighted by Gasteiger charge is -2.15. The number of amides is 2. The van der Waals surface area contributed by atoms with Gasteiger partial charge in [-0.2, -0.15) is 0 Å². The van der Waals surface area contributed by atoms with Crippen molar-refractivity contribution < 1.29 is 28.3 Å². The SMILES string of the molecule is O=C(COC(=O)c1ccc(N2C(=O)CC(SCc3ccco3)C2=O)cc1)c1ccc(Cl)cc1. The summed E-state index contributed by atoms with van der Waals surface area (Å²) in [6.45, 7) is -0.417. The topological polar surface area (TPSA) is 93.9 Å². The van der Waals surface area contributed by atoms with E-state index in [4.69, 9.17) is 20.8 Å². The van der Waals surface area contributed by atoms with Gasteiger partial charge in [0.15, 0.2) is 12.4 Å². The molecule has 2 aromatic carbocycles. The highest BCUT2D eigenvalue weighted by Gasteiger charge is 2.39. The molecule has 2 amide bonds. The van der Waals surface area contributed by atoms with E-state index in [1.165, 1.54) is 36.0 Å². The lowest BCUT2D eigenvalue weighted by atomic mass is 10.1. The van der Waals surface area contributed by atoms with Crippen molar-refractivity contribution in [1.82, 2.24) is 0 Å². The number of ketones is 1. The highest BCUT2D eigenvalue weighted by atomic mass is 35.5. The number of Topliss-reactive ketones (excluding diaryl/α,β-unsaturated/α-hetero) is 1. The van der Waals surface area contributed by atoms with Crippen molar-refractivity contribution in [3.8, 4) is 0 Å². The van der Waals surface area contributed by atoms with E-state index in [2.05, 4.69) is 0 Å². The lowest BCUT2D eigenvalue weighted by Crippen LogP contribution is -2.31. The minimum atomic E-state index is -0.685. The van der Waals surface area contributed by atoms with Crippen molar-refractivity contribution in [2.75, 3.05) is 11.5 Å². The molecule has 1 aliphatic rings. The fraction of sp³-hybridized carbons (Fsp3) is 0.167. The van der Waals surface area contributed by atoms with Crippen molar-refractivity contribution in [2.45, 2.75) is 17.4 Å². The molecule has 1 fully saturated rings. The van der Waals surface area contributed by atoms with Crippen LogP contribution in [0.15, 0.2) is 71.3 Å². The van der Waals surface area contributed by atoms with Gasteiger partial charge in [0.25, 0.3) is 0 Å². The lowest BCUT2D eigenvalue weighted by molar-refractivity contribution is -0.121. The van der Waals surface area contributed by atoms with E-state index in [1.807, 2.05) is 6.07 Å². The molecule has 4 rings (SSSR count). The van der Waals surface area contributed by atoms with Crippen LogP contribution in [0.4, 0.5) is 5.69 Å². The maximum atomic E-state index is 12.7. The minimum Gasteiger partial charge on any atom is -0.468 e. The molecule has 1 aliphatic heterocycles. The van der Waals surface area contributed by atoms with Gasteiger partial charge in [-0.3, -0.25) is 14.4 Å². The Morgan fingerprint density at radius 3 is 2.39 bits per heavy atom. The van der Waals surface area contributed by atoms with Crippen molar-refractivity contribution >= 4 is 52.6 Å². The molecule has 0 N–H and O–H groups in total. The average Bonchev–Trinajstić information content (AvgIpc) is 3.44. The van der Waals surface area contributed by atoms with Crippen molar-refractivity contribution in [3.63, 3.8) is 0 Å². The van der Waals surface area contributed by atoms with Crippen LogP contribution in [0, 0.1) is 0 Å². The molecule has 0 spiro atoms. The number of furan rings is 1. The van der Waals surface area contributed by atoms with Crippen molar-refractivity contribution in [3.05, 3.63) is 88.8 Å². The number of hydrogen-bond donors (Lipinski definition) is 0. The van der Waals surface area contributed by atoms with Gasteiger partial charge >= 0.3 is 5.97 Å². The van der Waals surface area contributed by atoms with Gasteiger partial charge in [0.05, 0.1) is 28.5 Å². The molecule has 168 valence electrons. The summed E-state index contributed by atoms with van der Waals surface area (Å²) < 4.78 is 10.4. The fourth-order valence-electron chi connectivity index (χ4n) is 3.26. The molecule has 1 aromatic heterocycles. The Bertz CT molecular complexity index is 1170. The van der Waals surface area contributed by atoms with Crippen molar-refractivity contribution in [2.24, 2.45) is 0 Å². The number of ether oxygens (including phenoxy) is 1. The third-order valence-corrected chi connectivity index (χ3v) is 6.45. The number of hydrogen-bond acceptors (Lipinski definition) is 7. The Kier molecular flexibility index (Phi) is 6.96. The second-order valence-corrected chi connectivity index (χ2v) is 8.83. The van der Waals surface area contributed by atoms with Gasteiger partial charge in [0, 0.05) is 17.0 Å². The summed E-state index contributed by atoms with van der Waals surface area (Å²) in [6, 6.07) is 15.8. The first-order valence-corrected chi connectivity index (χ1v) is 11.4. The molecule has 9 heteroatoms. The van der Waals surface area contributed by atoms with Crippen LogP contribution in [0.25, 0.3) is 0 Å². The monoisotopic (exact) mass is 483 g/mol. The van der Waals surface area contributed by atoms with Crippen molar-refractivity contribution in [1.29, 1.82) is 0 Å². The predicted octanol–water partition coefficient (Wildman–Crippen LogP) is 4.54. The summed E-state index contributed by atoms with van der Waals surface area (Å²) in [4.78, 5) is 50.7. The molecule has 1 atom stereocenters. The number of rotatable bonds is 8. The number of halogens is 1. The van der Waals surface area contributed by atoms with Gasteiger partial charge in [-0.15, -0.1) is 11.8 Å². The third-order valence-electron chi connectivity index (χ3n) is 4.97. The van der Waals surface area contributed by atoms with Gasteiger partial charge in [-0.1, -0.05) is 11.6 Å². The molecule has 0 bridgehead atoms. The molecule has 0 radical (unpaired) electrons. The van der Waals surface area contributed by atoms with Gasteiger partial charge < -0.3 is 9.15 Å². The number of anilines is 1. The Morgan fingerprint density at radius 2 is 1.73 bits per heavy atom. The number of thioether (sulfide) groups is 1. The van der Waals surface area contributed by atoms with Gasteiger partial charge in [-0.05, 0) is 60.7 Å². The Labute approximate surface area is 198 Å². The number of nitrogens with zero attached hydrogens (tertiary/aromatic N) is 1. The number of carbonyl (C=O) groups excluding carboxylic acids is 4. The number of benzene rings is 2. The smallest absolute Gasteiger partial charge is 0.338 e. The van der Waals surface area contributed by atoms with E-state index in [-0.39, 0.29) is 29.6 Å². The van der Waals surface area contributed by atoms with Crippen LogP contribution >= 0.6 is 23.4 Å². The molecule has 0 saturated carbocycles. The molecule has 7 nitrogen and oxygen atoms in total. The summed E-state index contributed by atoms with van der Waals surface area (Å²) in [5.41, 5.74) is 0.957. The molecule has 3 aromatic rings. The van der Waals surface area contributed by atoms with Crippen LogP contribution in [0.3, 0.4) is 0 Å². The van der Waals surface area contributed by atoms with E-state index in [1.54, 1.807) is 36.6 Å². The zero-order valence-corrected chi connectivity index (χ0v) is 18.8. The molecule has 33 heavy (non-hydrogen) atoms. The Hall–Kier alpha value is -3.36. The van der Waals surface area contributed by atoms with E-state index in [9.17, 15) is 19.2 Å². The van der Waals surface area contributed by atoms with Gasteiger partial charge in [-0.25, -0.2) is 9.69 Å². The van der Waals surface area contributed by atoms with E-state index in [0.29, 0.717) is 22.0 Å². The van der Waals surface area contributed by atoms with Crippen LogP contribution in [0.1, 0.15) is 32.9 Å². The van der Waals surface area contributed by atoms with Crippen LogP contribution in [0.5, 0.6) is 0 Å². The Balaban J connectivity index is 1.34. The largest absolute Gasteiger partial charge is 0.468 e. The van der Waals surface area contributed by atoms with E-state index in [0.717, 1.165) is 10.7 Å². The first kappa shape index (κ1) is 22.8. The zero-order valence-electron chi connectivity index (χ0n) is 17.2. The number of imide groups is 1. The molecular weight excluding hydrogens is 466 g/mol. The van der Waals surface area contributed by atoms with Crippen LogP contribution < -0.4 is 4.90 Å². The first-order valence-electron chi connectivity index (χ1n) is 9.99. The molecule has 2 heterocycles. The molecule has 1 saturated heterocycles. The molecule has 0 aliphatic carbocycles. The average molecular weight is 484 g/mol. The van der Waals surface area contributed by atoms with Gasteiger partial charge in [0.2, 0.25) is 11.8 Å². The summed E-state index contributed by atoms with van der Waals surface area (Å²) in [6.07, 6.45) is 1.66. The highest BCUT2D eigenvalue weighted by Crippen LogP contribution is 2.31. The number of carbonyl (C=O) groups is 4. The minimum absolute atomic E-state index is 0.0980. The summed E-state index contributed by atoms with van der Waals surface area (Å²) in [7, 11) is 0. The van der Waals surface area contributed by atoms with Crippen LogP contribution in [-0.4, -0.2) is 35.4 Å². The Morgan fingerprint density at radius 1 is 1.03 bits per heavy atom. The van der Waals surface area contributed by atoms with Gasteiger partial charge in [0.1, 0.15) is 5.76 Å². The second-order valence-electron chi connectivity index (χ2n) is 7.20. The van der Waals surface area contributed by atoms with E-state index >= 15 is 0 Å². The maximum Gasteiger partial charge on any atom is 0.338 e. The second kappa shape index (κ2) is 10.1. The predicted molar refractivity (Wildman–Crippen MR) is 123 cm³/mol. The zero-order chi connectivity index (χ0) is 23.4. The third kappa shape index (κ3) is 5.35. The normalized spacial score (nSPS) is 15.7. The highest BCUT2D eigenvalue weighted by molar-refractivity contribution is 7.99. The first-order chi connectivity index (χ1) is 15.9. The molecular formula is C24H18ClNO6S. The summed E-state index contributed by atoms with van der Waals surface area (Å²) in [5.74, 6) is -0.431. The summed E-state index contributed by atoms with van der Waals surface area (Å²) >= 11 is 7.15. The molecule has 1 unspecified atom stereocenters. The standard InChI is InChI=1S/C24H18ClNO6S/c25-17-7-3-15(4-8-17)20(27)13-32-24(30)16-5-9-18(10-6-16)26-22(28)12-21(23(26)29)33-14-19-2-1-11-31-19/h1-11,21H,12-14H2. The van der Waals surface area contributed by atoms with Crippen LogP contribution in [0.2, 0.25) is 5.02 Å². The fourth-order valence-corrected chi connectivity index (χ4v) is 4.43.